The van der Waals surface area contributed by atoms with Gasteiger partial charge in [0.15, 0.2) is 0 Å². The number of rotatable bonds is 8. The van der Waals surface area contributed by atoms with E-state index < -0.39 is 30.9 Å². The first kappa shape index (κ1) is 26.4. The first-order valence-electron chi connectivity index (χ1n) is 11.1. The van der Waals surface area contributed by atoms with E-state index in [2.05, 4.69) is 0 Å². The number of benzene rings is 4. The first-order valence-corrected chi connectivity index (χ1v) is 14.1. The van der Waals surface area contributed by atoms with E-state index in [1.165, 1.54) is 24.3 Å². The van der Waals surface area contributed by atoms with Gasteiger partial charge in [0.25, 0.3) is 20.2 Å². The molecule has 0 amide bonds. The molecule has 0 bridgehead atoms. The molecule has 0 aromatic heterocycles. The Morgan fingerprint density at radius 1 is 0.622 bits per heavy atom. The second kappa shape index (κ2) is 10.3. The highest BCUT2D eigenvalue weighted by Crippen LogP contribution is 2.36. The van der Waals surface area contributed by atoms with Crippen molar-refractivity contribution in [2.45, 2.75) is 24.5 Å². The van der Waals surface area contributed by atoms with Crippen LogP contribution in [-0.2, 0) is 26.0 Å². The molecule has 0 aliphatic rings. The van der Waals surface area contributed by atoms with Gasteiger partial charge in [0.05, 0.1) is 0 Å². The van der Waals surface area contributed by atoms with Gasteiger partial charge in [0.2, 0.25) is 0 Å². The summed E-state index contributed by atoms with van der Waals surface area (Å²) in [6.07, 6.45) is 0. The standard InChI is InChI=1S/C27H24O8S2/c1-18-3-9-23(10-4-18)34-25-13-7-20(15-22(25)17-36(28,29)30)21-8-14-26(27(16-21)37(31,32)33)35-24-11-5-19(2)6-12-24/h3-16H,17H2,1-2H3,(H,28,29,30)(H,31,32,33). The Kier molecular flexibility index (Phi) is 7.37. The van der Waals surface area contributed by atoms with Gasteiger partial charge in [-0.25, -0.2) is 0 Å². The van der Waals surface area contributed by atoms with E-state index in [4.69, 9.17) is 9.47 Å². The molecule has 10 heteroatoms. The predicted octanol–water partition coefficient (Wildman–Crippen LogP) is 6.19. The molecule has 0 atom stereocenters. The monoisotopic (exact) mass is 540 g/mol. The smallest absolute Gasteiger partial charge is 0.298 e. The Morgan fingerprint density at radius 2 is 1.08 bits per heavy atom. The van der Waals surface area contributed by atoms with Crippen LogP contribution in [0.15, 0.2) is 89.8 Å². The van der Waals surface area contributed by atoms with Crippen molar-refractivity contribution in [3.05, 3.63) is 102 Å². The minimum absolute atomic E-state index is 0.0763. The number of hydrogen-bond donors (Lipinski definition) is 2. The third-order valence-corrected chi connectivity index (χ3v) is 7.00. The lowest BCUT2D eigenvalue weighted by Gasteiger charge is -2.14. The van der Waals surface area contributed by atoms with E-state index in [0.717, 1.165) is 11.1 Å². The van der Waals surface area contributed by atoms with Crippen LogP contribution in [0.1, 0.15) is 16.7 Å². The SMILES string of the molecule is Cc1ccc(Oc2ccc(-c3ccc(Oc4ccc(C)cc4)c(S(=O)(=O)O)c3)cc2CS(=O)(=O)O)cc1. The van der Waals surface area contributed by atoms with Crippen LogP contribution in [0.3, 0.4) is 0 Å². The molecule has 2 N–H and O–H groups in total. The second-order valence-corrected chi connectivity index (χ2v) is 11.4. The van der Waals surface area contributed by atoms with Crippen molar-refractivity contribution < 1.29 is 35.4 Å². The highest BCUT2D eigenvalue weighted by atomic mass is 32.2. The zero-order valence-electron chi connectivity index (χ0n) is 20.0. The van der Waals surface area contributed by atoms with Gasteiger partial charge in [-0.2, -0.15) is 16.8 Å². The lowest BCUT2D eigenvalue weighted by Crippen LogP contribution is -2.04. The fourth-order valence-corrected chi connectivity index (χ4v) is 4.87. The summed E-state index contributed by atoms with van der Waals surface area (Å²) in [4.78, 5) is -0.457. The highest BCUT2D eigenvalue weighted by Gasteiger charge is 2.20. The summed E-state index contributed by atoms with van der Waals surface area (Å²) in [5, 5.41) is 0. The van der Waals surface area contributed by atoms with Crippen LogP contribution in [0.25, 0.3) is 11.1 Å². The Balaban J connectivity index is 1.74. The van der Waals surface area contributed by atoms with Crippen molar-refractivity contribution in [3.63, 3.8) is 0 Å². The van der Waals surface area contributed by atoms with Crippen molar-refractivity contribution >= 4 is 20.2 Å². The van der Waals surface area contributed by atoms with Gasteiger partial charge in [0, 0.05) is 5.56 Å². The van der Waals surface area contributed by atoms with Crippen LogP contribution in [0.2, 0.25) is 0 Å². The molecule has 0 heterocycles. The van der Waals surface area contributed by atoms with Crippen LogP contribution >= 0.6 is 0 Å². The number of hydrogen-bond acceptors (Lipinski definition) is 6. The minimum atomic E-state index is -4.67. The van der Waals surface area contributed by atoms with Crippen LogP contribution in [-0.4, -0.2) is 25.9 Å². The number of ether oxygens (including phenoxy) is 2. The Labute approximate surface area is 215 Å². The van der Waals surface area contributed by atoms with E-state index in [-0.39, 0.29) is 17.1 Å². The molecule has 0 aliphatic carbocycles. The van der Waals surface area contributed by atoms with Gasteiger partial charge in [0.1, 0.15) is 33.6 Å². The summed E-state index contributed by atoms with van der Waals surface area (Å²) in [5.74, 6) is 0.270. The molecule has 0 spiro atoms. The van der Waals surface area contributed by atoms with Gasteiger partial charge in [-0.1, -0.05) is 47.5 Å². The summed E-state index contributed by atoms with van der Waals surface area (Å²) in [6.45, 7) is 3.82. The van der Waals surface area contributed by atoms with Crippen molar-refractivity contribution in [2.75, 3.05) is 0 Å². The van der Waals surface area contributed by atoms with Crippen LogP contribution in [0.5, 0.6) is 23.0 Å². The van der Waals surface area contributed by atoms with Crippen molar-refractivity contribution in [3.8, 4) is 34.1 Å². The topological polar surface area (TPSA) is 127 Å². The maximum absolute atomic E-state index is 12.2. The summed E-state index contributed by atoms with van der Waals surface area (Å²) in [6, 6.07) is 22.9. The molecule has 4 aromatic rings. The van der Waals surface area contributed by atoms with Gasteiger partial charge in [-0.15, -0.1) is 0 Å². The molecule has 0 radical (unpaired) electrons. The van der Waals surface area contributed by atoms with Gasteiger partial charge < -0.3 is 9.47 Å². The van der Waals surface area contributed by atoms with Crippen molar-refractivity contribution in [1.29, 1.82) is 0 Å². The van der Waals surface area contributed by atoms with E-state index >= 15 is 0 Å². The average molecular weight is 541 g/mol. The molecule has 4 aromatic carbocycles. The van der Waals surface area contributed by atoms with Crippen LogP contribution in [0.4, 0.5) is 0 Å². The average Bonchev–Trinajstić information content (AvgIpc) is 2.82. The second-order valence-electron chi connectivity index (χ2n) is 8.52. The highest BCUT2D eigenvalue weighted by molar-refractivity contribution is 7.86. The molecule has 0 aliphatic heterocycles. The Bertz CT molecular complexity index is 1640. The number of aryl methyl sites for hydroxylation is 2. The molecule has 4 rings (SSSR count). The molecule has 0 saturated heterocycles. The van der Waals surface area contributed by atoms with Crippen molar-refractivity contribution in [2.24, 2.45) is 0 Å². The minimum Gasteiger partial charge on any atom is -0.457 e. The van der Waals surface area contributed by atoms with Gasteiger partial charge in [-0.05, 0) is 73.5 Å². The van der Waals surface area contributed by atoms with E-state index in [0.29, 0.717) is 22.6 Å². The Morgan fingerprint density at radius 3 is 1.57 bits per heavy atom. The maximum atomic E-state index is 12.2. The molecule has 8 nitrogen and oxygen atoms in total. The van der Waals surface area contributed by atoms with Crippen molar-refractivity contribution in [1.82, 2.24) is 0 Å². The van der Waals surface area contributed by atoms with E-state index in [1.807, 2.05) is 26.0 Å². The van der Waals surface area contributed by atoms with E-state index in [1.54, 1.807) is 48.5 Å². The molecular weight excluding hydrogens is 516 g/mol. The van der Waals surface area contributed by atoms with Crippen LogP contribution < -0.4 is 9.47 Å². The zero-order valence-corrected chi connectivity index (χ0v) is 21.6. The largest absolute Gasteiger partial charge is 0.457 e. The quantitative estimate of drug-likeness (QED) is 0.253. The van der Waals surface area contributed by atoms with Crippen LogP contribution in [0, 0.1) is 13.8 Å². The molecule has 0 fully saturated rings. The molecule has 37 heavy (non-hydrogen) atoms. The summed E-state index contributed by atoms with van der Waals surface area (Å²) in [5.41, 5.74) is 2.97. The third kappa shape index (κ3) is 6.95. The lowest BCUT2D eigenvalue weighted by molar-refractivity contribution is 0.450. The molecule has 0 saturated carbocycles. The Hall–Kier alpha value is -3.70. The fraction of sp³-hybridized carbons (Fsp3) is 0.111. The maximum Gasteiger partial charge on any atom is 0.298 e. The van der Waals surface area contributed by atoms with Gasteiger partial charge in [-0.3, -0.25) is 9.11 Å². The summed E-state index contributed by atoms with van der Waals surface area (Å²) >= 11 is 0. The third-order valence-electron chi connectivity index (χ3n) is 5.45. The summed E-state index contributed by atoms with van der Waals surface area (Å²) in [7, 11) is -9.08. The molecule has 0 unspecified atom stereocenters. The van der Waals surface area contributed by atoms with Gasteiger partial charge >= 0.3 is 0 Å². The molecule has 192 valence electrons. The zero-order chi connectivity index (χ0) is 26.8. The van der Waals surface area contributed by atoms with E-state index in [9.17, 15) is 25.9 Å². The molecular formula is C27H24O8S2. The predicted molar refractivity (Wildman–Crippen MR) is 139 cm³/mol. The normalized spacial score (nSPS) is 11.8. The lowest BCUT2D eigenvalue weighted by atomic mass is 10.0. The first-order chi connectivity index (χ1) is 17.4. The fourth-order valence-electron chi connectivity index (χ4n) is 3.61. The summed E-state index contributed by atoms with van der Waals surface area (Å²) < 4.78 is 78.6.